The van der Waals surface area contributed by atoms with Gasteiger partial charge < -0.3 is 14.4 Å². The van der Waals surface area contributed by atoms with Crippen LogP contribution in [0.1, 0.15) is 32.4 Å². The second-order valence-corrected chi connectivity index (χ2v) is 8.55. The Hall–Kier alpha value is -3.58. The quantitative estimate of drug-likeness (QED) is 0.445. The van der Waals surface area contributed by atoms with Gasteiger partial charge in [-0.2, -0.15) is 5.10 Å². The van der Waals surface area contributed by atoms with Crippen LogP contribution in [0.25, 0.3) is 5.69 Å². The van der Waals surface area contributed by atoms with Crippen LogP contribution in [-0.4, -0.2) is 41.4 Å². The lowest BCUT2D eigenvalue weighted by Crippen LogP contribution is -2.40. The largest absolute Gasteiger partial charge is 0.493 e. The van der Waals surface area contributed by atoms with Crippen molar-refractivity contribution in [3.8, 4) is 17.2 Å². The van der Waals surface area contributed by atoms with E-state index in [0.717, 1.165) is 22.5 Å². The highest BCUT2D eigenvalue weighted by atomic mass is 32.1. The predicted octanol–water partition coefficient (Wildman–Crippen LogP) is 4.74. The average molecular weight is 446 g/mol. The predicted molar refractivity (Wildman–Crippen MR) is 124 cm³/mol. The Bertz CT molecular complexity index is 1220. The zero-order chi connectivity index (χ0) is 22.1. The van der Waals surface area contributed by atoms with E-state index in [4.69, 9.17) is 9.47 Å². The van der Waals surface area contributed by atoms with Gasteiger partial charge in [0.05, 0.1) is 25.9 Å². The summed E-state index contributed by atoms with van der Waals surface area (Å²) in [7, 11) is 3.28. The first kappa shape index (κ1) is 20.3. The van der Waals surface area contributed by atoms with Gasteiger partial charge in [0.2, 0.25) is 0 Å². The summed E-state index contributed by atoms with van der Waals surface area (Å²) in [6.45, 7) is 0.630. The van der Waals surface area contributed by atoms with E-state index in [9.17, 15) is 4.79 Å². The molecule has 1 aliphatic heterocycles. The summed E-state index contributed by atoms with van der Waals surface area (Å²) in [6, 6.07) is 17.4. The van der Waals surface area contributed by atoms with E-state index in [1.807, 2.05) is 65.0 Å². The molecule has 2 aromatic heterocycles. The molecule has 162 valence electrons. The Morgan fingerprint density at radius 1 is 1.06 bits per heavy atom. The van der Waals surface area contributed by atoms with Crippen molar-refractivity contribution in [1.82, 2.24) is 14.7 Å². The van der Waals surface area contributed by atoms with Gasteiger partial charge in [-0.3, -0.25) is 4.79 Å². The molecule has 0 aliphatic carbocycles. The maximum Gasteiger partial charge on any atom is 0.254 e. The first-order chi connectivity index (χ1) is 15.7. The average Bonchev–Trinajstić information content (AvgIpc) is 3.57. The number of hydrogen-bond donors (Lipinski definition) is 0. The highest BCUT2D eigenvalue weighted by Crippen LogP contribution is 2.42. The topological polar surface area (TPSA) is 56.6 Å². The van der Waals surface area contributed by atoms with Gasteiger partial charge in [0.15, 0.2) is 11.5 Å². The number of nitrogens with zero attached hydrogens (tertiary/aromatic N) is 3. The molecule has 0 bridgehead atoms. The second kappa shape index (κ2) is 8.51. The summed E-state index contributed by atoms with van der Waals surface area (Å²) in [6.07, 6.45) is 4.38. The summed E-state index contributed by atoms with van der Waals surface area (Å²) >= 11 is 1.66. The van der Waals surface area contributed by atoms with E-state index in [-0.39, 0.29) is 11.9 Å². The van der Waals surface area contributed by atoms with Crippen molar-refractivity contribution in [2.45, 2.75) is 12.5 Å². The maximum atomic E-state index is 13.6. The lowest BCUT2D eigenvalue weighted by atomic mass is 9.90. The molecule has 6 nitrogen and oxygen atoms in total. The van der Waals surface area contributed by atoms with Crippen LogP contribution in [-0.2, 0) is 6.42 Å². The van der Waals surface area contributed by atoms with Gasteiger partial charge in [0.25, 0.3) is 5.91 Å². The maximum absolute atomic E-state index is 13.6. The zero-order valence-corrected chi connectivity index (χ0v) is 18.7. The summed E-state index contributed by atoms with van der Waals surface area (Å²) in [5.41, 5.74) is 3.84. The third kappa shape index (κ3) is 3.54. The van der Waals surface area contributed by atoms with Crippen molar-refractivity contribution in [2.75, 3.05) is 20.8 Å². The number of amides is 1. The lowest BCUT2D eigenvalue weighted by molar-refractivity contribution is 0.0697. The van der Waals surface area contributed by atoms with Crippen molar-refractivity contribution >= 4 is 17.2 Å². The molecular formula is C25H23N3O3S. The van der Waals surface area contributed by atoms with Gasteiger partial charge in [-0.05, 0) is 71.5 Å². The molecule has 2 aromatic carbocycles. The van der Waals surface area contributed by atoms with E-state index in [2.05, 4.69) is 11.2 Å². The Morgan fingerprint density at radius 3 is 2.50 bits per heavy atom. The molecule has 1 atom stereocenters. The number of rotatable bonds is 5. The van der Waals surface area contributed by atoms with Gasteiger partial charge in [-0.25, -0.2) is 4.68 Å². The standard InChI is InChI=1S/C25H23N3O3S/c1-30-21-15-18-10-13-27(24(23-5-3-14-32-23)20(18)16-22(21)31-2)25(29)17-6-8-19(9-7-17)28-12-4-11-26-28/h3-9,11-12,14-16,24H,10,13H2,1-2H3. The normalized spacial score (nSPS) is 15.3. The number of thiophene rings is 1. The molecule has 0 fully saturated rings. The van der Waals surface area contributed by atoms with E-state index >= 15 is 0 Å². The van der Waals surface area contributed by atoms with E-state index in [1.54, 1.807) is 36.4 Å². The number of aromatic nitrogens is 2. The fraction of sp³-hybridized carbons (Fsp3) is 0.200. The minimum absolute atomic E-state index is 0.0100. The van der Waals surface area contributed by atoms with Crippen LogP contribution >= 0.6 is 11.3 Å². The summed E-state index contributed by atoms with van der Waals surface area (Å²) < 4.78 is 12.8. The van der Waals surface area contributed by atoms with Crippen LogP contribution in [0.5, 0.6) is 11.5 Å². The molecule has 7 heteroatoms. The molecule has 0 saturated heterocycles. The minimum atomic E-state index is -0.170. The number of ether oxygens (including phenoxy) is 2. The van der Waals surface area contributed by atoms with Crippen LogP contribution in [0.3, 0.4) is 0 Å². The molecule has 1 amide bonds. The summed E-state index contributed by atoms with van der Waals surface area (Å²) in [5.74, 6) is 1.40. The van der Waals surface area contributed by atoms with E-state index in [1.165, 1.54) is 5.56 Å². The summed E-state index contributed by atoms with van der Waals surface area (Å²) in [5, 5.41) is 6.30. The summed E-state index contributed by atoms with van der Waals surface area (Å²) in [4.78, 5) is 16.7. The van der Waals surface area contributed by atoms with Crippen LogP contribution in [0.15, 0.2) is 72.4 Å². The van der Waals surface area contributed by atoms with Crippen molar-refractivity contribution in [3.63, 3.8) is 0 Å². The van der Waals surface area contributed by atoms with Crippen molar-refractivity contribution in [3.05, 3.63) is 93.9 Å². The molecule has 32 heavy (non-hydrogen) atoms. The van der Waals surface area contributed by atoms with Gasteiger partial charge in [-0.1, -0.05) is 6.07 Å². The molecule has 4 aromatic rings. The first-order valence-electron chi connectivity index (χ1n) is 10.4. The number of carbonyl (C=O) groups excluding carboxylic acids is 1. The highest BCUT2D eigenvalue weighted by Gasteiger charge is 2.34. The van der Waals surface area contributed by atoms with Gasteiger partial charge in [0.1, 0.15) is 0 Å². The van der Waals surface area contributed by atoms with E-state index < -0.39 is 0 Å². The molecule has 3 heterocycles. The SMILES string of the molecule is COc1cc2c(cc1OC)C(c1cccs1)N(C(=O)c1ccc(-n3cccn3)cc1)CC2. The first-order valence-corrected chi connectivity index (χ1v) is 11.3. The van der Waals surface area contributed by atoms with Crippen LogP contribution in [0.2, 0.25) is 0 Å². The number of methoxy groups -OCH3 is 2. The monoisotopic (exact) mass is 445 g/mol. The molecule has 1 unspecified atom stereocenters. The third-order valence-corrected chi connectivity index (χ3v) is 6.76. The molecule has 5 rings (SSSR count). The number of hydrogen-bond acceptors (Lipinski definition) is 5. The van der Waals surface area contributed by atoms with Crippen LogP contribution in [0, 0.1) is 0 Å². The smallest absolute Gasteiger partial charge is 0.254 e. The molecule has 1 aliphatic rings. The number of carbonyl (C=O) groups is 1. The Kier molecular flexibility index (Phi) is 5.41. The molecule has 0 radical (unpaired) electrons. The molecule has 0 N–H and O–H groups in total. The van der Waals surface area contributed by atoms with Gasteiger partial charge in [0, 0.05) is 29.4 Å². The minimum Gasteiger partial charge on any atom is -0.493 e. The Balaban J connectivity index is 1.53. The van der Waals surface area contributed by atoms with E-state index in [0.29, 0.717) is 23.6 Å². The molecular weight excluding hydrogens is 422 g/mol. The zero-order valence-electron chi connectivity index (χ0n) is 17.9. The van der Waals surface area contributed by atoms with Gasteiger partial charge in [-0.15, -0.1) is 11.3 Å². The molecule has 0 saturated carbocycles. The van der Waals surface area contributed by atoms with Crippen molar-refractivity contribution in [2.24, 2.45) is 0 Å². The Labute approximate surface area is 190 Å². The fourth-order valence-electron chi connectivity index (χ4n) is 4.26. The third-order valence-electron chi connectivity index (χ3n) is 5.83. The second-order valence-electron chi connectivity index (χ2n) is 7.57. The highest BCUT2D eigenvalue weighted by molar-refractivity contribution is 7.10. The lowest BCUT2D eigenvalue weighted by Gasteiger charge is -2.37. The van der Waals surface area contributed by atoms with Crippen LogP contribution < -0.4 is 9.47 Å². The van der Waals surface area contributed by atoms with Crippen LogP contribution in [0.4, 0.5) is 0 Å². The number of benzene rings is 2. The fourth-order valence-corrected chi connectivity index (χ4v) is 5.12. The van der Waals surface area contributed by atoms with Gasteiger partial charge >= 0.3 is 0 Å². The van der Waals surface area contributed by atoms with Crippen molar-refractivity contribution < 1.29 is 14.3 Å². The number of fused-ring (bicyclic) bond motifs is 1. The van der Waals surface area contributed by atoms with Crippen molar-refractivity contribution in [1.29, 1.82) is 0 Å². The Morgan fingerprint density at radius 2 is 1.84 bits per heavy atom. The molecule has 0 spiro atoms.